The van der Waals surface area contributed by atoms with Crippen molar-refractivity contribution < 1.29 is 17.9 Å². The number of carbonyl (C=O) groups excluding carboxylic acids is 1. The molecule has 2 amide bonds. The van der Waals surface area contributed by atoms with Crippen LogP contribution < -0.4 is 15.4 Å². The summed E-state index contributed by atoms with van der Waals surface area (Å²) in [5, 5.41) is 6.00. The van der Waals surface area contributed by atoms with Gasteiger partial charge < -0.3 is 10.1 Å². The fourth-order valence-electron chi connectivity index (χ4n) is 3.29. The molecule has 2 heterocycles. The number of para-hydroxylation sites is 1. The van der Waals surface area contributed by atoms with Crippen LogP contribution in [-0.2, 0) is 23.0 Å². The highest BCUT2D eigenvalue weighted by Gasteiger charge is 2.30. The third-order valence-corrected chi connectivity index (χ3v) is 7.86. The first-order valence-corrected chi connectivity index (χ1v) is 11.9. The van der Waals surface area contributed by atoms with Gasteiger partial charge >= 0.3 is 6.03 Å². The molecule has 0 atom stereocenters. The summed E-state index contributed by atoms with van der Waals surface area (Å²) >= 11 is 1.29. The normalized spacial score (nSPS) is 14.0. The predicted molar refractivity (Wildman–Crippen MR) is 120 cm³/mol. The molecule has 2 aromatic carbocycles. The Labute approximate surface area is 184 Å². The highest BCUT2D eigenvalue weighted by molar-refractivity contribution is 7.89. The first kappa shape index (κ1) is 21.3. The average molecular weight is 459 g/mol. The monoisotopic (exact) mass is 458 g/mol. The minimum absolute atomic E-state index is 0.220. The van der Waals surface area contributed by atoms with Crippen molar-refractivity contribution >= 4 is 38.2 Å². The van der Waals surface area contributed by atoms with Crippen molar-refractivity contribution in [3.05, 3.63) is 64.7 Å². The van der Waals surface area contributed by atoms with Gasteiger partial charge in [-0.2, -0.15) is 4.31 Å². The Morgan fingerprint density at radius 2 is 1.87 bits per heavy atom. The molecule has 0 saturated heterocycles. The van der Waals surface area contributed by atoms with Crippen LogP contribution in [0.2, 0.25) is 0 Å². The number of amides is 2. The van der Waals surface area contributed by atoms with Crippen LogP contribution in [0.4, 0.5) is 15.6 Å². The first-order chi connectivity index (χ1) is 14.9. The molecule has 1 aromatic heterocycles. The van der Waals surface area contributed by atoms with Crippen LogP contribution in [0.3, 0.4) is 0 Å². The number of aryl methyl sites for hydroxylation is 1. The molecule has 0 spiro atoms. The molecule has 0 saturated carbocycles. The van der Waals surface area contributed by atoms with E-state index in [2.05, 4.69) is 15.6 Å². The number of ether oxygens (including phenoxy) is 1. The molecule has 0 fully saturated rings. The zero-order valence-corrected chi connectivity index (χ0v) is 18.7. The standard InChI is InChI=1S/C21H22N4O4S2/c1-14-5-3-4-6-17(14)22-20(26)24-21-23-18-11-12-25(13-19(18)30-21)31(27,28)16-9-7-15(29-2)8-10-16/h3-10H,11-13H2,1-2H3,(H2,22,23,24,26). The van der Waals surface area contributed by atoms with E-state index >= 15 is 0 Å². The molecule has 3 aromatic rings. The number of fused-ring (bicyclic) bond motifs is 1. The van der Waals surface area contributed by atoms with Crippen LogP contribution in [0.1, 0.15) is 16.1 Å². The van der Waals surface area contributed by atoms with Gasteiger partial charge in [0.1, 0.15) is 5.75 Å². The number of hydrogen-bond acceptors (Lipinski definition) is 6. The summed E-state index contributed by atoms with van der Waals surface area (Å²) in [6.07, 6.45) is 0.488. The zero-order valence-electron chi connectivity index (χ0n) is 17.1. The number of carbonyl (C=O) groups is 1. The number of thiazole rings is 1. The Hall–Kier alpha value is -2.95. The number of methoxy groups -OCH3 is 1. The first-order valence-electron chi connectivity index (χ1n) is 9.63. The summed E-state index contributed by atoms with van der Waals surface area (Å²) in [5.41, 5.74) is 2.49. The molecule has 0 radical (unpaired) electrons. The Morgan fingerprint density at radius 3 is 2.58 bits per heavy atom. The van der Waals surface area contributed by atoms with Crippen LogP contribution in [0.5, 0.6) is 5.75 Å². The molecule has 162 valence electrons. The van der Waals surface area contributed by atoms with E-state index in [1.807, 2.05) is 31.2 Å². The van der Waals surface area contributed by atoms with Gasteiger partial charge in [0.2, 0.25) is 10.0 Å². The van der Waals surface area contributed by atoms with Crippen LogP contribution in [-0.4, -0.2) is 37.4 Å². The van der Waals surface area contributed by atoms with Crippen molar-refractivity contribution in [1.29, 1.82) is 0 Å². The summed E-state index contributed by atoms with van der Waals surface area (Å²) in [6, 6.07) is 13.4. The quantitative estimate of drug-likeness (QED) is 0.605. The second kappa shape index (κ2) is 8.66. The molecule has 8 nitrogen and oxygen atoms in total. The lowest BCUT2D eigenvalue weighted by Crippen LogP contribution is -2.35. The predicted octanol–water partition coefficient (Wildman–Crippen LogP) is 3.85. The van der Waals surface area contributed by atoms with E-state index < -0.39 is 10.0 Å². The number of hydrogen-bond donors (Lipinski definition) is 2. The minimum atomic E-state index is -3.63. The maximum atomic E-state index is 13.0. The molecule has 1 aliphatic heterocycles. The van der Waals surface area contributed by atoms with Gasteiger partial charge in [0.15, 0.2) is 5.13 Å². The van der Waals surface area contributed by atoms with E-state index in [1.54, 1.807) is 24.3 Å². The third-order valence-electron chi connectivity index (χ3n) is 5.01. The molecule has 1 aliphatic rings. The summed E-state index contributed by atoms with van der Waals surface area (Å²) in [5.74, 6) is 0.599. The maximum Gasteiger partial charge on any atom is 0.325 e. The Bertz CT molecular complexity index is 1210. The molecule has 0 aliphatic carbocycles. The van der Waals surface area contributed by atoms with Crippen molar-refractivity contribution in [3.63, 3.8) is 0 Å². The molecule has 0 bridgehead atoms. The second-order valence-corrected chi connectivity index (χ2v) is 10.1. The van der Waals surface area contributed by atoms with Crippen molar-refractivity contribution in [3.8, 4) is 5.75 Å². The number of rotatable bonds is 5. The lowest BCUT2D eigenvalue weighted by molar-refractivity contribution is 0.262. The molecule has 0 unspecified atom stereocenters. The smallest absolute Gasteiger partial charge is 0.325 e. The molecular formula is C21H22N4O4S2. The van der Waals surface area contributed by atoms with Gasteiger partial charge in [0.25, 0.3) is 0 Å². The van der Waals surface area contributed by atoms with Gasteiger partial charge in [0.05, 0.1) is 24.2 Å². The van der Waals surface area contributed by atoms with Gasteiger partial charge in [-0.1, -0.05) is 29.5 Å². The average Bonchev–Trinajstić information content (AvgIpc) is 3.16. The number of urea groups is 1. The lowest BCUT2D eigenvalue weighted by Gasteiger charge is -2.25. The fourth-order valence-corrected chi connectivity index (χ4v) is 5.80. The second-order valence-electron chi connectivity index (χ2n) is 7.05. The number of sulfonamides is 1. The number of nitrogens with one attached hydrogen (secondary N) is 2. The van der Waals surface area contributed by atoms with E-state index in [-0.39, 0.29) is 17.5 Å². The molecule has 4 rings (SSSR count). The number of aromatic nitrogens is 1. The van der Waals surface area contributed by atoms with E-state index in [4.69, 9.17) is 4.74 Å². The topological polar surface area (TPSA) is 101 Å². The van der Waals surface area contributed by atoms with E-state index in [1.165, 1.54) is 22.8 Å². The number of nitrogens with zero attached hydrogens (tertiary/aromatic N) is 2. The van der Waals surface area contributed by atoms with E-state index in [0.29, 0.717) is 23.8 Å². The van der Waals surface area contributed by atoms with Crippen LogP contribution >= 0.6 is 11.3 Å². The Balaban J connectivity index is 1.45. The highest BCUT2D eigenvalue weighted by Crippen LogP contribution is 2.31. The van der Waals surface area contributed by atoms with Crippen molar-refractivity contribution in [2.75, 3.05) is 24.3 Å². The minimum Gasteiger partial charge on any atom is -0.497 e. The van der Waals surface area contributed by atoms with Crippen molar-refractivity contribution in [1.82, 2.24) is 9.29 Å². The molecular weight excluding hydrogens is 436 g/mol. The summed E-state index contributed by atoms with van der Waals surface area (Å²) in [7, 11) is -2.10. The molecule has 2 N–H and O–H groups in total. The van der Waals surface area contributed by atoms with E-state index in [9.17, 15) is 13.2 Å². The maximum absolute atomic E-state index is 13.0. The van der Waals surface area contributed by atoms with Gasteiger partial charge in [0, 0.05) is 23.5 Å². The van der Waals surface area contributed by atoms with Crippen LogP contribution in [0.15, 0.2) is 53.4 Å². The van der Waals surface area contributed by atoms with Gasteiger partial charge in [-0.05, 0) is 42.8 Å². The summed E-state index contributed by atoms with van der Waals surface area (Å²) < 4.78 is 32.5. The molecule has 10 heteroatoms. The number of benzene rings is 2. The SMILES string of the molecule is COc1ccc(S(=O)(=O)N2CCc3nc(NC(=O)Nc4ccccc4C)sc3C2)cc1. The summed E-state index contributed by atoms with van der Waals surface area (Å²) in [4.78, 5) is 17.9. The number of anilines is 2. The zero-order chi connectivity index (χ0) is 22.0. The van der Waals surface area contributed by atoms with Crippen molar-refractivity contribution in [2.45, 2.75) is 24.8 Å². The van der Waals surface area contributed by atoms with E-state index in [0.717, 1.165) is 21.8 Å². The lowest BCUT2D eigenvalue weighted by atomic mass is 10.2. The van der Waals surface area contributed by atoms with Crippen LogP contribution in [0.25, 0.3) is 0 Å². The van der Waals surface area contributed by atoms with Crippen molar-refractivity contribution in [2.24, 2.45) is 0 Å². The fraction of sp³-hybridized carbons (Fsp3) is 0.238. The van der Waals surface area contributed by atoms with Gasteiger partial charge in [-0.25, -0.2) is 18.2 Å². The van der Waals surface area contributed by atoms with Gasteiger partial charge in [-0.3, -0.25) is 5.32 Å². The largest absolute Gasteiger partial charge is 0.497 e. The van der Waals surface area contributed by atoms with Gasteiger partial charge in [-0.15, -0.1) is 0 Å². The highest BCUT2D eigenvalue weighted by atomic mass is 32.2. The molecule has 31 heavy (non-hydrogen) atoms. The third kappa shape index (κ3) is 4.55. The Morgan fingerprint density at radius 1 is 1.13 bits per heavy atom. The Kier molecular flexibility index (Phi) is 5.94. The summed E-state index contributed by atoms with van der Waals surface area (Å²) in [6.45, 7) is 2.47. The van der Waals surface area contributed by atoms with Crippen LogP contribution in [0, 0.1) is 6.92 Å².